The first-order valence-electron chi connectivity index (χ1n) is 9.92. The smallest absolute Gasteiger partial charge is 0.254 e. The molecule has 0 spiro atoms. The molecule has 1 aliphatic heterocycles. The Morgan fingerprint density at radius 1 is 0.967 bits per heavy atom. The number of amides is 1. The van der Waals surface area contributed by atoms with Crippen molar-refractivity contribution in [3.63, 3.8) is 0 Å². The Morgan fingerprint density at radius 2 is 1.70 bits per heavy atom. The fourth-order valence-electron chi connectivity index (χ4n) is 3.68. The number of hydrogen-bond donors (Lipinski definition) is 1. The van der Waals surface area contributed by atoms with E-state index in [1.807, 2.05) is 78.6 Å². The molecule has 0 radical (unpaired) electrons. The van der Waals surface area contributed by atoms with Crippen LogP contribution in [0.2, 0.25) is 0 Å². The Morgan fingerprint density at radius 3 is 2.43 bits per heavy atom. The molecule has 1 aliphatic rings. The van der Waals surface area contributed by atoms with Crippen LogP contribution in [0.15, 0.2) is 72.8 Å². The molecule has 1 heterocycles. The van der Waals surface area contributed by atoms with Crippen LogP contribution >= 0.6 is 0 Å². The van der Waals surface area contributed by atoms with Crippen LogP contribution < -0.4 is 4.72 Å². The van der Waals surface area contributed by atoms with Gasteiger partial charge in [0.2, 0.25) is 10.0 Å². The molecule has 4 rings (SSSR count). The highest BCUT2D eigenvalue weighted by molar-refractivity contribution is 7.91. The lowest BCUT2D eigenvalue weighted by molar-refractivity contribution is 0.0734. The van der Waals surface area contributed by atoms with E-state index in [4.69, 9.17) is 0 Å². The highest BCUT2D eigenvalue weighted by Crippen LogP contribution is 2.25. The molecule has 30 heavy (non-hydrogen) atoms. The van der Waals surface area contributed by atoms with Crippen molar-refractivity contribution in [1.29, 1.82) is 0 Å². The van der Waals surface area contributed by atoms with Gasteiger partial charge in [0, 0.05) is 24.3 Å². The first kappa shape index (κ1) is 20.2. The maximum Gasteiger partial charge on any atom is 0.254 e. The Labute approximate surface area is 177 Å². The van der Waals surface area contributed by atoms with E-state index < -0.39 is 10.0 Å². The van der Waals surface area contributed by atoms with Crippen molar-refractivity contribution in [3.8, 4) is 0 Å². The summed E-state index contributed by atoms with van der Waals surface area (Å²) in [6, 6.07) is 22.3. The third-order valence-corrected chi connectivity index (χ3v) is 6.54. The number of hydrogen-bond acceptors (Lipinski definition) is 3. The molecule has 0 atom stereocenters. The topological polar surface area (TPSA) is 66.5 Å². The zero-order chi connectivity index (χ0) is 21.1. The molecule has 0 saturated heterocycles. The minimum absolute atomic E-state index is 0.00777. The summed E-state index contributed by atoms with van der Waals surface area (Å²) in [6.45, 7) is 3.09. The van der Waals surface area contributed by atoms with Gasteiger partial charge in [0.25, 0.3) is 5.91 Å². The van der Waals surface area contributed by atoms with Gasteiger partial charge in [-0.1, -0.05) is 54.1 Å². The average molecular weight is 421 g/mol. The maximum atomic E-state index is 12.8. The molecule has 0 unspecified atom stereocenters. The lowest BCUT2D eigenvalue weighted by Crippen LogP contribution is -2.36. The van der Waals surface area contributed by atoms with E-state index in [0.29, 0.717) is 24.3 Å². The summed E-state index contributed by atoms with van der Waals surface area (Å²) in [5.41, 5.74) is 5.14. The second kappa shape index (κ2) is 8.32. The zero-order valence-corrected chi connectivity index (χ0v) is 17.7. The fraction of sp³-hybridized carbons (Fsp3) is 0.208. The van der Waals surface area contributed by atoms with Crippen molar-refractivity contribution < 1.29 is 13.2 Å². The normalized spacial score (nSPS) is 13.6. The number of anilines is 1. The molecule has 3 aromatic carbocycles. The summed E-state index contributed by atoms with van der Waals surface area (Å²) in [7, 11) is -3.53. The number of aryl methyl sites for hydroxylation is 1. The maximum absolute atomic E-state index is 12.8. The second-order valence-corrected chi connectivity index (χ2v) is 9.40. The van der Waals surface area contributed by atoms with Gasteiger partial charge in [-0.3, -0.25) is 9.52 Å². The molecule has 6 heteroatoms. The molecule has 1 amide bonds. The number of benzene rings is 3. The lowest BCUT2D eigenvalue weighted by Gasteiger charge is -2.29. The Balaban J connectivity index is 1.48. The molecule has 0 saturated carbocycles. The second-order valence-electron chi connectivity index (χ2n) is 7.67. The van der Waals surface area contributed by atoms with Crippen molar-refractivity contribution in [2.75, 3.05) is 11.3 Å². The molecular weight excluding hydrogens is 396 g/mol. The number of nitrogens with zero attached hydrogens (tertiary/aromatic N) is 1. The van der Waals surface area contributed by atoms with Crippen LogP contribution in [0, 0.1) is 6.92 Å². The molecular formula is C24H24N2O3S. The van der Waals surface area contributed by atoms with Crippen molar-refractivity contribution in [3.05, 3.63) is 101 Å². The molecule has 3 aromatic rings. The Hall–Kier alpha value is -3.12. The standard InChI is InChI=1S/C24H24N2O3S/c1-18-7-9-19(10-8-18)17-30(28,29)25-23-12-11-20-13-14-26(16-22(20)15-23)24(27)21-5-3-2-4-6-21/h2-12,15,25H,13-14,16-17H2,1H3. The molecule has 5 nitrogen and oxygen atoms in total. The number of fused-ring (bicyclic) bond motifs is 1. The fourth-order valence-corrected chi connectivity index (χ4v) is 4.87. The summed E-state index contributed by atoms with van der Waals surface area (Å²) >= 11 is 0. The summed E-state index contributed by atoms with van der Waals surface area (Å²) < 4.78 is 27.9. The zero-order valence-electron chi connectivity index (χ0n) is 16.8. The van der Waals surface area contributed by atoms with Crippen molar-refractivity contribution in [1.82, 2.24) is 4.90 Å². The van der Waals surface area contributed by atoms with Gasteiger partial charge < -0.3 is 4.90 Å². The van der Waals surface area contributed by atoms with E-state index in [0.717, 1.165) is 28.7 Å². The van der Waals surface area contributed by atoms with Crippen LogP contribution in [0.1, 0.15) is 32.6 Å². The number of carbonyl (C=O) groups excluding carboxylic acids is 1. The van der Waals surface area contributed by atoms with Crippen molar-refractivity contribution >= 4 is 21.6 Å². The number of rotatable bonds is 5. The SMILES string of the molecule is Cc1ccc(CS(=O)(=O)Nc2ccc3c(c2)CN(C(=O)c2ccccc2)CC3)cc1. The van der Waals surface area contributed by atoms with Gasteiger partial charge in [-0.05, 0) is 54.3 Å². The van der Waals surface area contributed by atoms with E-state index in [2.05, 4.69) is 4.72 Å². The van der Waals surface area contributed by atoms with Gasteiger partial charge in [-0.15, -0.1) is 0 Å². The number of carbonyl (C=O) groups is 1. The summed E-state index contributed by atoms with van der Waals surface area (Å²) in [5, 5.41) is 0. The van der Waals surface area contributed by atoms with E-state index >= 15 is 0 Å². The van der Waals surface area contributed by atoms with Crippen LogP contribution in [0.25, 0.3) is 0 Å². The van der Waals surface area contributed by atoms with Gasteiger partial charge in [-0.25, -0.2) is 8.42 Å². The summed E-state index contributed by atoms with van der Waals surface area (Å²) in [5.74, 6) is -0.0881. The Bertz CT molecular complexity index is 1160. The van der Waals surface area contributed by atoms with Gasteiger partial charge in [0.15, 0.2) is 0 Å². The highest BCUT2D eigenvalue weighted by atomic mass is 32.2. The van der Waals surface area contributed by atoms with Gasteiger partial charge in [-0.2, -0.15) is 0 Å². The summed E-state index contributed by atoms with van der Waals surface area (Å²) in [4.78, 5) is 14.6. The molecule has 1 N–H and O–H groups in total. The van der Waals surface area contributed by atoms with E-state index in [1.54, 1.807) is 6.07 Å². The minimum Gasteiger partial charge on any atom is -0.334 e. The predicted molar refractivity (Wildman–Crippen MR) is 119 cm³/mol. The first-order chi connectivity index (χ1) is 14.4. The lowest BCUT2D eigenvalue weighted by atomic mass is 9.98. The molecule has 0 aromatic heterocycles. The van der Waals surface area contributed by atoms with Crippen molar-refractivity contribution in [2.24, 2.45) is 0 Å². The largest absolute Gasteiger partial charge is 0.334 e. The number of sulfonamides is 1. The van der Waals surface area contributed by atoms with Crippen molar-refractivity contribution in [2.45, 2.75) is 25.6 Å². The summed E-state index contributed by atoms with van der Waals surface area (Å²) in [6.07, 6.45) is 0.754. The van der Waals surface area contributed by atoms with Crippen LogP contribution in [0.5, 0.6) is 0 Å². The molecule has 0 fully saturated rings. The molecule has 0 aliphatic carbocycles. The Kier molecular flexibility index (Phi) is 5.59. The van der Waals surface area contributed by atoms with Crippen LogP contribution in [0.4, 0.5) is 5.69 Å². The van der Waals surface area contributed by atoms with E-state index in [9.17, 15) is 13.2 Å². The average Bonchev–Trinajstić information content (AvgIpc) is 2.74. The van der Waals surface area contributed by atoms with Crippen LogP contribution in [-0.2, 0) is 28.7 Å². The first-order valence-corrected chi connectivity index (χ1v) is 11.6. The van der Waals surface area contributed by atoms with Gasteiger partial charge >= 0.3 is 0 Å². The third kappa shape index (κ3) is 4.71. The molecule has 154 valence electrons. The monoisotopic (exact) mass is 420 g/mol. The van der Waals surface area contributed by atoms with Crippen LogP contribution in [-0.4, -0.2) is 25.8 Å². The highest BCUT2D eigenvalue weighted by Gasteiger charge is 2.22. The van der Waals surface area contributed by atoms with Gasteiger partial charge in [0.05, 0.1) is 5.75 Å². The molecule has 0 bridgehead atoms. The quantitative estimate of drug-likeness (QED) is 0.675. The predicted octanol–water partition coefficient (Wildman–Crippen LogP) is 4.14. The number of nitrogens with one attached hydrogen (secondary N) is 1. The van der Waals surface area contributed by atoms with Crippen LogP contribution in [0.3, 0.4) is 0 Å². The third-order valence-electron chi connectivity index (χ3n) is 5.28. The van der Waals surface area contributed by atoms with E-state index in [-0.39, 0.29) is 11.7 Å². The van der Waals surface area contributed by atoms with E-state index in [1.165, 1.54) is 0 Å². The van der Waals surface area contributed by atoms with Gasteiger partial charge in [0.1, 0.15) is 0 Å². The minimum atomic E-state index is -3.53.